The second kappa shape index (κ2) is 9.88. The predicted octanol–water partition coefficient (Wildman–Crippen LogP) is 3.66. The molecule has 1 amide bonds. The van der Waals surface area contributed by atoms with E-state index in [0.29, 0.717) is 11.5 Å². The van der Waals surface area contributed by atoms with Crippen molar-refractivity contribution in [3.05, 3.63) is 84.4 Å². The smallest absolute Gasteiger partial charge is 0.303 e. The van der Waals surface area contributed by atoms with Crippen molar-refractivity contribution < 1.29 is 29.3 Å². The van der Waals surface area contributed by atoms with Crippen molar-refractivity contribution in [3.63, 3.8) is 0 Å². The van der Waals surface area contributed by atoms with Gasteiger partial charge in [0.2, 0.25) is 0 Å². The number of rotatable bonds is 10. The number of ether oxygens (including phenoxy) is 2. The summed E-state index contributed by atoms with van der Waals surface area (Å²) >= 11 is 0. The molecule has 4 N–H and O–H groups in total. The first-order valence-electron chi connectivity index (χ1n) is 9.70. The normalized spacial score (nSPS) is 12.7. The van der Waals surface area contributed by atoms with E-state index in [1.165, 1.54) is 12.1 Å². The van der Waals surface area contributed by atoms with Crippen LogP contribution in [0.1, 0.15) is 18.4 Å². The second-order valence-electron chi connectivity index (χ2n) is 6.87. The zero-order valence-electron chi connectivity index (χ0n) is 16.7. The largest absolute Gasteiger partial charge is 0.481 e. The number of carbonyl (C=O) groups is 2. The van der Waals surface area contributed by atoms with E-state index in [9.17, 15) is 14.7 Å². The van der Waals surface area contributed by atoms with E-state index in [2.05, 4.69) is 0 Å². The fourth-order valence-corrected chi connectivity index (χ4v) is 2.97. The number of carbonyl (C=O) groups excluding carboxylic acids is 1. The molecule has 0 spiro atoms. The van der Waals surface area contributed by atoms with E-state index in [-0.39, 0.29) is 25.0 Å². The lowest BCUT2D eigenvalue weighted by molar-refractivity contribution is -0.211. The Hall–Kier alpha value is -3.68. The zero-order chi connectivity index (χ0) is 22.3. The van der Waals surface area contributed by atoms with Gasteiger partial charge in [0.05, 0.1) is 6.61 Å². The summed E-state index contributed by atoms with van der Waals surface area (Å²) < 4.78 is 11.0. The van der Waals surface area contributed by atoms with Gasteiger partial charge in [-0.05, 0) is 53.9 Å². The third-order valence-corrected chi connectivity index (χ3v) is 4.62. The van der Waals surface area contributed by atoms with Crippen LogP contribution < -0.4 is 10.5 Å². The van der Waals surface area contributed by atoms with Gasteiger partial charge in [-0.3, -0.25) is 9.59 Å². The van der Waals surface area contributed by atoms with E-state index in [4.69, 9.17) is 20.3 Å². The highest BCUT2D eigenvalue weighted by atomic mass is 16.6. The standard InChI is InChI=1S/C24H23NO6/c25-23(28)24(29,30-16-4-7-22(26)27)19-10-14-21(15-11-19)31-20-12-8-18(9-13-20)17-5-2-1-3-6-17/h1-3,5-6,8-15,29H,4,7,16H2,(H2,25,28)(H,26,27). The van der Waals surface area contributed by atoms with Crippen LogP contribution in [0.15, 0.2) is 78.9 Å². The van der Waals surface area contributed by atoms with E-state index in [0.717, 1.165) is 11.1 Å². The number of benzene rings is 3. The molecule has 0 aliphatic heterocycles. The Labute approximate surface area is 179 Å². The molecule has 0 bridgehead atoms. The Kier molecular flexibility index (Phi) is 7.02. The minimum Gasteiger partial charge on any atom is -0.481 e. The topological polar surface area (TPSA) is 119 Å². The number of primary amides is 1. The summed E-state index contributed by atoms with van der Waals surface area (Å²) in [6.45, 7) is -0.141. The summed E-state index contributed by atoms with van der Waals surface area (Å²) in [7, 11) is 0. The summed E-state index contributed by atoms with van der Waals surface area (Å²) in [5.41, 5.74) is 7.60. The van der Waals surface area contributed by atoms with E-state index >= 15 is 0 Å². The van der Waals surface area contributed by atoms with E-state index in [1.54, 1.807) is 12.1 Å². The van der Waals surface area contributed by atoms with Crippen molar-refractivity contribution in [1.29, 1.82) is 0 Å². The van der Waals surface area contributed by atoms with Gasteiger partial charge in [0.25, 0.3) is 11.7 Å². The molecule has 0 saturated carbocycles. The molecule has 7 heteroatoms. The van der Waals surface area contributed by atoms with Gasteiger partial charge in [0.15, 0.2) is 0 Å². The lowest BCUT2D eigenvalue weighted by Gasteiger charge is -2.25. The summed E-state index contributed by atoms with van der Waals surface area (Å²) in [4.78, 5) is 22.4. The maximum atomic E-state index is 11.8. The van der Waals surface area contributed by atoms with Crippen LogP contribution in [0.3, 0.4) is 0 Å². The first-order chi connectivity index (χ1) is 14.9. The maximum Gasteiger partial charge on any atom is 0.303 e. The highest BCUT2D eigenvalue weighted by Gasteiger charge is 2.37. The third-order valence-electron chi connectivity index (χ3n) is 4.62. The molecule has 31 heavy (non-hydrogen) atoms. The number of hydrogen-bond acceptors (Lipinski definition) is 5. The van der Waals surface area contributed by atoms with Gasteiger partial charge < -0.3 is 25.4 Å². The van der Waals surface area contributed by atoms with Crippen LogP contribution in [0, 0.1) is 0 Å². The van der Waals surface area contributed by atoms with Crippen LogP contribution >= 0.6 is 0 Å². The third kappa shape index (κ3) is 5.69. The van der Waals surface area contributed by atoms with Crippen LogP contribution in [-0.2, 0) is 20.1 Å². The molecule has 0 aliphatic carbocycles. The fourth-order valence-electron chi connectivity index (χ4n) is 2.97. The summed E-state index contributed by atoms with van der Waals surface area (Å²) in [5, 5.41) is 19.2. The van der Waals surface area contributed by atoms with Crippen LogP contribution in [0.4, 0.5) is 0 Å². The van der Waals surface area contributed by atoms with Gasteiger partial charge in [-0.25, -0.2) is 0 Å². The molecule has 0 radical (unpaired) electrons. The average molecular weight is 421 g/mol. The number of nitrogens with two attached hydrogens (primary N) is 1. The Morgan fingerprint density at radius 1 is 0.839 bits per heavy atom. The Bertz CT molecular complexity index is 1020. The zero-order valence-corrected chi connectivity index (χ0v) is 16.7. The lowest BCUT2D eigenvalue weighted by atomic mass is 10.0. The summed E-state index contributed by atoms with van der Waals surface area (Å²) in [6, 6.07) is 23.7. The van der Waals surface area contributed by atoms with Crippen molar-refractivity contribution in [3.8, 4) is 22.6 Å². The molecule has 0 aliphatic rings. The second-order valence-corrected chi connectivity index (χ2v) is 6.87. The molecular formula is C24H23NO6. The van der Waals surface area contributed by atoms with Gasteiger partial charge in [-0.1, -0.05) is 42.5 Å². The lowest BCUT2D eigenvalue weighted by Crippen LogP contribution is -2.43. The molecule has 0 heterocycles. The van der Waals surface area contributed by atoms with Crippen molar-refractivity contribution in [2.45, 2.75) is 18.6 Å². The van der Waals surface area contributed by atoms with E-state index in [1.807, 2.05) is 54.6 Å². The number of aliphatic hydroxyl groups is 1. The Balaban J connectivity index is 1.67. The molecule has 0 fully saturated rings. The molecule has 7 nitrogen and oxygen atoms in total. The summed E-state index contributed by atoms with van der Waals surface area (Å²) in [5.74, 6) is -3.32. The number of carboxylic acids is 1. The summed E-state index contributed by atoms with van der Waals surface area (Å²) in [6.07, 6.45) is -0.0181. The molecule has 1 atom stereocenters. The van der Waals surface area contributed by atoms with Crippen LogP contribution in [0.5, 0.6) is 11.5 Å². The molecule has 0 saturated heterocycles. The number of amides is 1. The molecule has 1 unspecified atom stereocenters. The van der Waals surface area contributed by atoms with Gasteiger partial charge in [-0.2, -0.15) is 0 Å². The number of carboxylic acid groups (broad SMARTS) is 1. The van der Waals surface area contributed by atoms with Gasteiger partial charge in [0.1, 0.15) is 11.5 Å². The monoisotopic (exact) mass is 421 g/mol. The van der Waals surface area contributed by atoms with Gasteiger partial charge in [0, 0.05) is 12.0 Å². The highest BCUT2D eigenvalue weighted by Crippen LogP contribution is 2.29. The average Bonchev–Trinajstić information content (AvgIpc) is 2.78. The van der Waals surface area contributed by atoms with Crippen LogP contribution in [0.25, 0.3) is 11.1 Å². The quantitative estimate of drug-likeness (QED) is 0.340. The fraction of sp³-hybridized carbons (Fsp3) is 0.167. The van der Waals surface area contributed by atoms with E-state index < -0.39 is 17.7 Å². The van der Waals surface area contributed by atoms with Gasteiger partial charge >= 0.3 is 5.97 Å². The van der Waals surface area contributed by atoms with Crippen molar-refractivity contribution in [2.24, 2.45) is 5.73 Å². The molecule has 3 aromatic carbocycles. The number of hydrogen-bond donors (Lipinski definition) is 3. The minimum atomic E-state index is -2.35. The van der Waals surface area contributed by atoms with Crippen molar-refractivity contribution >= 4 is 11.9 Å². The van der Waals surface area contributed by atoms with Crippen LogP contribution in [0.2, 0.25) is 0 Å². The van der Waals surface area contributed by atoms with Gasteiger partial charge in [-0.15, -0.1) is 0 Å². The molecule has 160 valence electrons. The van der Waals surface area contributed by atoms with Crippen LogP contribution in [-0.4, -0.2) is 28.7 Å². The first-order valence-corrected chi connectivity index (χ1v) is 9.70. The predicted molar refractivity (Wildman–Crippen MR) is 114 cm³/mol. The molecule has 3 rings (SSSR count). The molecular weight excluding hydrogens is 398 g/mol. The van der Waals surface area contributed by atoms with Crippen molar-refractivity contribution in [1.82, 2.24) is 0 Å². The van der Waals surface area contributed by atoms with Crippen molar-refractivity contribution in [2.75, 3.05) is 6.61 Å². The Morgan fingerprint density at radius 2 is 1.39 bits per heavy atom. The maximum absolute atomic E-state index is 11.8. The first kappa shape index (κ1) is 22.0. The Morgan fingerprint density at radius 3 is 1.94 bits per heavy atom. The molecule has 0 aromatic heterocycles. The molecule has 3 aromatic rings. The SMILES string of the molecule is NC(=O)C(O)(OCCCC(=O)O)c1ccc(Oc2ccc(-c3ccccc3)cc2)cc1. The minimum absolute atomic E-state index is 0.127. The highest BCUT2D eigenvalue weighted by molar-refractivity contribution is 5.83. The number of aliphatic carboxylic acids is 1.